The van der Waals surface area contributed by atoms with Gasteiger partial charge in [-0.3, -0.25) is 9.69 Å². The van der Waals surface area contributed by atoms with Gasteiger partial charge in [-0.25, -0.2) is 4.98 Å². The predicted octanol–water partition coefficient (Wildman–Crippen LogP) is 4.60. The number of carbonyl (C=O) groups excluding carboxylic acids is 1. The first-order chi connectivity index (χ1) is 13.7. The molecule has 0 atom stereocenters. The van der Waals surface area contributed by atoms with Gasteiger partial charge in [0, 0.05) is 17.8 Å². The summed E-state index contributed by atoms with van der Waals surface area (Å²) >= 11 is 8.00. The van der Waals surface area contributed by atoms with Crippen LogP contribution in [0.25, 0.3) is 0 Å². The molecule has 1 aromatic heterocycles. The molecule has 1 aliphatic carbocycles. The van der Waals surface area contributed by atoms with Crippen LogP contribution >= 0.6 is 22.9 Å². The van der Waals surface area contributed by atoms with Crippen LogP contribution in [0, 0.1) is 0 Å². The van der Waals surface area contributed by atoms with Gasteiger partial charge in [0.15, 0.2) is 16.6 Å². The molecule has 2 heterocycles. The lowest BCUT2D eigenvalue weighted by molar-refractivity contribution is -0.117. The highest BCUT2D eigenvalue weighted by molar-refractivity contribution is 7.16. The maximum Gasteiger partial charge on any atom is 0.233 e. The van der Waals surface area contributed by atoms with Crippen molar-refractivity contribution in [2.45, 2.75) is 38.5 Å². The van der Waals surface area contributed by atoms with Gasteiger partial charge in [0.1, 0.15) is 0 Å². The molecule has 0 spiro atoms. The molecule has 1 aliphatic heterocycles. The van der Waals surface area contributed by atoms with Crippen molar-refractivity contribution in [2.75, 3.05) is 24.7 Å². The Bertz CT molecular complexity index is 873. The molecule has 5 nitrogen and oxygen atoms in total. The van der Waals surface area contributed by atoms with Crippen molar-refractivity contribution in [3.8, 4) is 11.5 Å². The summed E-state index contributed by atoms with van der Waals surface area (Å²) in [7, 11) is 0. The van der Waals surface area contributed by atoms with Crippen molar-refractivity contribution in [1.82, 2.24) is 4.98 Å². The smallest absolute Gasteiger partial charge is 0.233 e. The second-order valence-electron chi connectivity index (χ2n) is 7.00. The van der Waals surface area contributed by atoms with Gasteiger partial charge in [-0.2, -0.15) is 0 Å². The molecule has 0 saturated heterocycles. The monoisotopic (exact) mass is 418 g/mol. The number of ether oxygens (including phenoxy) is 2. The number of benzene rings is 1. The average Bonchev–Trinajstić information content (AvgIpc) is 2.96. The number of nitrogens with zero attached hydrogens (tertiary/aromatic N) is 2. The molecule has 1 aromatic carbocycles. The summed E-state index contributed by atoms with van der Waals surface area (Å²) in [4.78, 5) is 20.9. The van der Waals surface area contributed by atoms with Crippen LogP contribution < -0.4 is 14.4 Å². The minimum atomic E-state index is -0.0310. The minimum absolute atomic E-state index is 0.0310. The predicted molar refractivity (Wildman–Crippen MR) is 112 cm³/mol. The molecule has 148 valence electrons. The van der Waals surface area contributed by atoms with E-state index in [0.717, 1.165) is 35.7 Å². The Balaban J connectivity index is 1.57. The van der Waals surface area contributed by atoms with Crippen LogP contribution in [0.15, 0.2) is 24.8 Å². The van der Waals surface area contributed by atoms with Gasteiger partial charge in [-0.05, 0) is 43.4 Å². The van der Waals surface area contributed by atoms with E-state index in [1.54, 1.807) is 28.4 Å². The first kappa shape index (κ1) is 19.3. The topological polar surface area (TPSA) is 51.7 Å². The van der Waals surface area contributed by atoms with Gasteiger partial charge >= 0.3 is 0 Å². The number of hydrogen-bond acceptors (Lipinski definition) is 5. The van der Waals surface area contributed by atoms with E-state index in [1.807, 2.05) is 6.07 Å². The number of anilines is 1. The summed E-state index contributed by atoms with van der Waals surface area (Å²) < 4.78 is 11.4. The Morgan fingerprint density at radius 3 is 2.89 bits per heavy atom. The summed E-state index contributed by atoms with van der Waals surface area (Å²) in [6.45, 7) is 5.39. The summed E-state index contributed by atoms with van der Waals surface area (Å²) in [6, 6.07) is 3.63. The highest BCUT2D eigenvalue weighted by Crippen LogP contribution is 2.38. The van der Waals surface area contributed by atoms with Crippen molar-refractivity contribution < 1.29 is 14.3 Å². The summed E-state index contributed by atoms with van der Waals surface area (Å²) in [5.41, 5.74) is 1.95. The van der Waals surface area contributed by atoms with Gasteiger partial charge in [0.25, 0.3) is 0 Å². The van der Waals surface area contributed by atoms with E-state index in [2.05, 4.69) is 6.58 Å². The molecule has 0 unspecified atom stereocenters. The molecule has 2 aromatic rings. The number of thiazole rings is 1. The van der Waals surface area contributed by atoms with Crippen molar-refractivity contribution >= 4 is 34.0 Å². The number of hydrogen-bond donors (Lipinski definition) is 0. The Hall–Kier alpha value is -2.05. The summed E-state index contributed by atoms with van der Waals surface area (Å²) in [5.74, 6) is 1.13. The van der Waals surface area contributed by atoms with E-state index in [-0.39, 0.29) is 12.3 Å². The van der Waals surface area contributed by atoms with Crippen LogP contribution in [0.2, 0.25) is 5.02 Å². The van der Waals surface area contributed by atoms with Crippen LogP contribution in [0.1, 0.15) is 35.4 Å². The second kappa shape index (κ2) is 8.53. The van der Waals surface area contributed by atoms with Crippen LogP contribution in [-0.2, 0) is 24.1 Å². The van der Waals surface area contributed by atoms with Crippen LogP contribution in [-0.4, -0.2) is 30.6 Å². The van der Waals surface area contributed by atoms with Crippen molar-refractivity contribution in [3.05, 3.63) is 45.9 Å². The number of aromatic nitrogens is 1. The lowest BCUT2D eigenvalue weighted by Gasteiger charge is -2.19. The number of rotatable bonds is 5. The van der Waals surface area contributed by atoms with E-state index in [4.69, 9.17) is 26.1 Å². The third-order valence-electron chi connectivity index (χ3n) is 4.90. The van der Waals surface area contributed by atoms with E-state index >= 15 is 0 Å². The normalized spacial score (nSPS) is 15.5. The number of amides is 1. The molecule has 7 heteroatoms. The Morgan fingerprint density at radius 1 is 1.25 bits per heavy atom. The van der Waals surface area contributed by atoms with Crippen LogP contribution in [0.5, 0.6) is 11.5 Å². The lowest BCUT2D eigenvalue weighted by atomic mass is 10.0. The van der Waals surface area contributed by atoms with E-state index < -0.39 is 0 Å². The second-order valence-corrected chi connectivity index (χ2v) is 8.47. The fourth-order valence-electron chi connectivity index (χ4n) is 3.53. The zero-order valence-corrected chi connectivity index (χ0v) is 17.3. The Morgan fingerprint density at radius 2 is 2.07 bits per heavy atom. The van der Waals surface area contributed by atoms with Crippen LogP contribution in [0.3, 0.4) is 0 Å². The third-order valence-corrected chi connectivity index (χ3v) is 6.36. The number of aryl methyl sites for hydroxylation is 2. The molecule has 2 aliphatic rings. The highest BCUT2D eigenvalue weighted by Gasteiger charge is 2.24. The number of carbonyl (C=O) groups is 1. The van der Waals surface area contributed by atoms with Gasteiger partial charge in [-0.1, -0.05) is 17.7 Å². The molecule has 0 radical (unpaired) electrons. The Kier molecular flexibility index (Phi) is 5.87. The highest BCUT2D eigenvalue weighted by atomic mass is 35.5. The van der Waals surface area contributed by atoms with Crippen molar-refractivity contribution in [1.29, 1.82) is 0 Å². The maximum atomic E-state index is 13.1. The molecule has 0 fully saturated rings. The Labute approximate surface area is 173 Å². The zero-order chi connectivity index (χ0) is 19.5. The quantitative estimate of drug-likeness (QED) is 0.666. The fraction of sp³-hybridized carbons (Fsp3) is 0.429. The average molecular weight is 419 g/mol. The van der Waals surface area contributed by atoms with E-state index in [9.17, 15) is 4.79 Å². The van der Waals surface area contributed by atoms with Gasteiger partial charge in [-0.15, -0.1) is 17.9 Å². The van der Waals surface area contributed by atoms with E-state index in [1.165, 1.54) is 17.7 Å². The number of halogens is 1. The molecule has 1 amide bonds. The molecule has 0 bridgehead atoms. The maximum absolute atomic E-state index is 13.1. The molecule has 28 heavy (non-hydrogen) atoms. The fourth-order valence-corrected chi connectivity index (χ4v) is 4.99. The number of fused-ring (bicyclic) bond motifs is 2. The first-order valence-corrected chi connectivity index (χ1v) is 10.8. The standard InChI is InChI=1S/C21H23ClN2O3S/c1-2-8-24(21-23-16-6-3-4-7-18(16)28-21)19(25)13-14-11-15(22)20-17(12-14)26-9-5-10-27-20/h2,11-12H,1,3-10,13H2. The molecular weight excluding hydrogens is 396 g/mol. The van der Waals surface area contributed by atoms with Crippen LogP contribution in [0.4, 0.5) is 5.13 Å². The minimum Gasteiger partial charge on any atom is -0.489 e. The van der Waals surface area contributed by atoms with Gasteiger partial charge < -0.3 is 9.47 Å². The van der Waals surface area contributed by atoms with Gasteiger partial charge in [0.2, 0.25) is 5.91 Å². The lowest BCUT2D eigenvalue weighted by Crippen LogP contribution is -2.32. The first-order valence-electron chi connectivity index (χ1n) is 9.63. The SMILES string of the molecule is C=CCN(C(=O)Cc1cc(Cl)c2c(c1)OCCCO2)c1nc2c(s1)CCCC2. The zero-order valence-electron chi connectivity index (χ0n) is 15.7. The molecule has 0 saturated carbocycles. The molecular formula is C21H23ClN2O3S. The van der Waals surface area contributed by atoms with E-state index in [0.29, 0.717) is 36.3 Å². The largest absolute Gasteiger partial charge is 0.489 e. The summed E-state index contributed by atoms with van der Waals surface area (Å²) in [5, 5.41) is 1.24. The summed E-state index contributed by atoms with van der Waals surface area (Å²) in [6.07, 6.45) is 7.18. The van der Waals surface area contributed by atoms with Crippen molar-refractivity contribution in [3.63, 3.8) is 0 Å². The molecule has 0 N–H and O–H groups in total. The van der Waals surface area contributed by atoms with Crippen molar-refractivity contribution in [2.24, 2.45) is 0 Å². The van der Waals surface area contributed by atoms with Gasteiger partial charge in [0.05, 0.1) is 30.4 Å². The molecule has 4 rings (SSSR count). The third kappa shape index (κ3) is 4.03.